The van der Waals surface area contributed by atoms with Crippen molar-refractivity contribution in [3.8, 4) is 0 Å². The third-order valence-electron chi connectivity index (χ3n) is 6.10. The third-order valence-corrected chi connectivity index (χ3v) is 6.34. The molecule has 1 aliphatic carbocycles. The maximum Gasteiger partial charge on any atom is 0.335 e. The van der Waals surface area contributed by atoms with Gasteiger partial charge in [0.25, 0.3) is 0 Å². The van der Waals surface area contributed by atoms with Crippen LogP contribution in [-0.4, -0.2) is 53.9 Å². The molecule has 1 amide bonds. The predicted octanol–water partition coefficient (Wildman–Crippen LogP) is 2.96. The Hall–Kier alpha value is -3.46. The molecule has 3 unspecified atom stereocenters. The highest BCUT2D eigenvalue weighted by molar-refractivity contribution is 6.30. The molecule has 0 bridgehead atoms. The second-order valence-corrected chi connectivity index (χ2v) is 8.53. The maximum atomic E-state index is 12.8. The van der Waals surface area contributed by atoms with Gasteiger partial charge < -0.3 is 19.8 Å². The first-order valence-electron chi connectivity index (χ1n) is 10.6. The van der Waals surface area contributed by atoms with Crippen LogP contribution in [0.4, 0.5) is 5.69 Å². The van der Waals surface area contributed by atoms with E-state index >= 15 is 0 Å². The first kappa shape index (κ1) is 23.7. The maximum absolute atomic E-state index is 12.8. The molecule has 0 saturated carbocycles. The predicted molar refractivity (Wildman–Crippen MR) is 126 cm³/mol. The molecule has 3 atom stereocenters. The number of carboxylic acid groups (broad SMARTS) is 2. The molecule has 34 heavy (non-hydrogen) atoms. The van der Waals surface area contributed by atoms with Crippen molar-refractivity contribution in [3.63, 3.8) is 0 Å². The van der Waals surface area contributed by atoms with Gasteiger partial charge in [0.1, 0.15) is 5.54 Å². The van der Waals surface area contributed by atoms with Crippen LogP contribution in [-0.2, 0) is 24.7 Å². The zero-order chi connectivity index (χ0) is 24.5. The minimum absolute atomic E-state index is 0.112. The smallest absolute Gasteiger partial charge is 0.335 e. The van der Waals surface area contributed by atoms with Gasteiger partial charge in [0.15, 0.2) is 6.10 Å². The van der Waals surface area contributed by atoms with Gasteiger partial charge in [-0.25, -0.2) is 9.59 Å². The van der Waals surface area contributed by atoms with Gasteiger partial charge in [-0.1, -0.05) is 54.1 Å². The molecule has 1 heterocycles. The highest BCUT2D eigenvalue weighted by Gasteiger charge is 2.51. The fraction of sp³-hybridized carbons (Fsp3) is 0.240. The van der Waals surface area contributed by atoms with Crippen molar-refractivity contribution in [1.29, 1.82) is 0 Å². The summed E-state index contributed by atoms with van der Waals surface area (Å²) in [6, 6.07) is 13.9. The van der Waals surface area contributed by atoms with Crippen molar-refractivity contribution in [2.75, 3.05) is 18.5 Å². The van der Waals surface area contributed by atoms with Crippen molar-refractivity contribution in [2.45, 2.75) is 24.2 Å². The van der Waals surface area contributed by atoms with E-state index in [2.05, 4.69) is 5.32 Å². The largest absolute Gasteiger partial charge is 0.479 e. The minimum Gasteiger partial charge on any atom is -0.479 e. The Kier molecular flexibility index (Phi) is 6.56. The summed E-state index contributed by atoms with van der Waals surface area (Å²) in [6.45, 7) is -0.144. The number of amides is 1. The molecule has 2 aromatic carbocycles. The molecule has 3 N–H and O–H groups in total. The normalized spacial score (nSPS) is 23.0. The van der Waals surface area contributed by atoms with Crippen LogP contribution in [0, 0.1) is 0 Å². The summed E-state index contributed by atoms with van der Waals surface area (Å²) in [5.41, 5.74) is 0.203. The monoisotopic (exact) mass is 482 g/mol. The fourth-order valence-electron chi connectivity index (χ4n) is 4.40. The van der Waals surface area contributed by atoms with Crippen LogP contribution in [0.5, 0.6) is 0 Å². The van der Waals surface area contributed by atoms with E-state index in [1.165, 1.54) is 23.1 Å². The van der Waals surface area contributed by atoms with Crippen LogP contribution in [0.2, 0.25) is 5.02 Å². The van der Waals surface area contributed by atoms with E-state index < -0.39 is 29.7 Å². The Morgan fingerprint density at radius 2 is 1.94 bits per heavy atom. The van der Waals surface area contributed by atoms with Crippen LogP contribution in [0.3, 0.4) is 0 Å². The molecule has 0 spiro atoms. The van der Waals surface area contributed by atoms with Crippen molar-refractivity contribution in [1.82, 2.24) is 5.32 Å². The Morgan fingerprint density at radius 1 is 1.21 bits per heavy atom. The summed E-state index contributed by atoms with van der Waals surface area (Å²) in [5, 5.41) is 23.2. The lowest BCUT2D eigenvalue weighted by Crippen LogP contribution is -2.58. The number of hydrogen-bond donors (Lipinski definition) is 3. The molecule has 9 heteroatoms. The molecule has 4 rings (SSSR count). The first-order chi connectivity index (χ1) is 16.2. The van der Waals surface area contributed by atoms with E-state index in [1.54, 1.807) is 49.5 Å². The molecule has 2 aromatic rings. The second-order valence-electron chi connectivity index (χ2n) is 8.09. The van der Waals surface area contributed by atoms with Gasteiger partial charge in [0.05, 0.1) is 18.2 Å². The number of benzene rings is 2. The number of halogens is 1. The number of carboxylic acids is 2. The Morgan fingerprint density at radius 3 is 2.56 bits per heavy atom. The lowest BCUT2D eigenvalue weighted by molar-refractivity contribution is -0.159. The summed E-state index contributed by atoms with van der Waals surface area (Å²) in [7, 11) is 1.62. The Labute approximate surface area is 201 Å². The van der Waals surface area contributed by atoms with Gasteiger partial charge in [-0.15, -0.1) is 0 Å². The molecule has 0 aromatic heterocycles. The lowest BCUT2D eigenvalue weighted by Gasteiger charge is -2.41. The van der Waals surface area contributed by atoms with E-state index in [0.717, 1.165) is 0 Å². The van der Waals surface area contributed by atoms with E-state index in [-0.39, 0.29) is 24.4 Å². The molecular weight excluding hydrogens is 460 g/mol. The topological polar surface area (TPSA) is 116 Å². The average molecular weight is 483 g/mol. The molecule has 0 radical (unpaired) electrons. The van der Waals surface area contributed by atoms with Gasteiger partial charge in [0.2, 0.25) is 5.91 Å². The van der Waals surface area contributed by atoms with E-state index in [1.807, 2.05) is 6.07 Å². The van der Waals surface area contributed by atoms with Gasteiger partial charge in [0, 0.05) is 23.3 Å². The minimum atomic E-state index is -1.49. The van der Waals surface area contributed by atoms with Crippen LogP contribution >= 0.6 is 11.6 Å². The summed E-state index contributed by atoms with van der Waals surface area (Å²) in [6.07, 6.45) is 2.43. The van der Waals surface area contributed by atoms with E-state index in [0.29, 0.717) is 21.8 Å². The molecule has 1 aliphatic heterocycles. The quantitative estimate of drug-likeness (QED) is 0.579. The first-order valence-corrected chi connectivity index (χ1v) is 11.0. The molecular formula is C25H23ClN2O6. The summed E-state index contributed by atoms with van der Waals surface area (Å²) >= 11 is 6.36. The van der Waals surface area contributed by atoms with Gasteiger partial charge >= 0.3 is 11.9 Å². The number of fused-ring (bicyclic) bond motifs is 1. The number of anilines is 1. The number of nitrogens with zero attached hydrogens (tertiary/aromatic N) is 1. The highest BCUT2D eigenvalue weighted by Crippen LogP contribution is 2.43. The van der Waals surface area contributed by atoms with Crippen LogP contribution in [0.1, 0.15) is 17.5 Å². The van der Waals surface area contributed by atoms with Gasteiger partial charge in [-0.3, -0.25) is 10.1 Å². The number of carbonyl (C=O) groups excluding carboxylic acids is 1. The Balaban J connectivity index is 1.89. The molecule has 2 aliphatic rings. The molecule has 0 saturated heterocycles. The number of nitrogens with one attached hydrogen (secondary N) is 1. The number of hydrogen-bond acceptors (Lipinski definition) is 5. The second kappa shape index (κ2) is 9.42. The number of aliphatic carboxylic acids is 2. The molecule has 8 nitrogen and oxygen atoms in total. The highest BCUT2D eigenvalue weighted by atomic mass is 35.5. The van der Waals surface area contributed by atoms with Crippen molar-refractivity contribution >= 4 is 35.1 Å². The number of ether oxygens (including phenoxy) is 1. The van der Waals surface area contributed by atoms with Crippen molar-refractivity contribution in [2.24, 2.45) is 0 Å². The zero-order valence-corrected chi connectivity index (χ0v) is 19.0. The van der Waals surface area contributed by atoms with Crippen LogP contribution in [0.15, 0.2) is 72.3 Å². The standard InChI is InChI=1S/C25H23ClN2O6/c1-28-20-12-9-17(26)13-19(20)25(27-14-21(28)29,16-5-3-2-4-6-16)22(24(32)33)34-18-10-7-15(8-11-18)23(30)31/h2-10,12-13,18,22,27H,11,14H2,1H3,(H,30,31)(H,32,33). The summed E-state index contributed by atoms with van der Waals surface area (Å²) in [4.78, 5) is 38.3. The lowest BCUT2D eigenvalue weighted by atomic mass is 9.77. The average Bonchev–Trinajstić information content (AvgIpc) is 2.93. The van der Waals surface area contributed by atoms with E-state index in [4.69, 9.17) is 16.3 Å². The number of likely N-dealkylation sites (N-methyl/N-ethyl adjacent to an activating group) is 1. The Bertz CT molecular complexity index is 1200. The summed E-state index contributed by atoms with van der Waals surface area (Å²) < 4.78 is 6.14. The van der Waals surface area contributed by atoms with Crippen LogP contribution < -0.4 is 10.2 Å². The number of carbonyl (C=O) groups is 3. The SMILES string of the molecule is CN1C(=O)CNC(c2ccccc2)(C(OC2C=CC(C(=O)O)=CC2)C(=O)O)c2cc(Cl)ccc21. The van der Waals surface area contributed by atoms with Crippen molar-refractivity contribution < 1.29 is 29.3 Å². The van der Waals surface area contributed by atoms with Crippen molar-refractivity contribution in [3.05, 3.63) is 88.5 Å². The molecule has 176 valence electrons. The summed E-state index contributed by atoms with van der Waals surface area (Å²) in [5.74, 6) is -2.57. The third kappa shape index (κ3) is 4.23. The number of rotatable bonds is 6. The fourth-order valence-corrected chi connectivity index (χ4v) is 4.58. The van der Waals surface area contributed by atoms with Gasteiger partial charge in [-0.05, 0) is 36.3 Å². The van der Waals surface area contributed by atoms with Gasteiger partial charge in [-0.2, -0.15) is 0 Å². The molecule has 0 fully saturated rings. The zero-order valence-electron chi connectivity index (χ0n) is 18.3. The van der Waals surface area contributed by atoms with Crippen LogP contribution in [0.25, 0.3) is 0 Å². The van der Waals surface area contributed by atoms with E-state index in [9.17, 15) is 24.6 Å².